The molecular formula is C23H27NO4. The summed E-state index contributed by atoms with van der Waals surface area (Å²) >= 11 is 0. The Morgan fingerprint density at radius 2 is 1.82 bits per heavy atom. The van der Waals surface area contributed by atoms with Gasteiger partial charge in [0.25, 0.3) is 5.91 Å². The number of phenols is 1. The molecule has 28 heavy (non-hydrogen) atoms. The van der Waals surface area contributed by atoms with Crippen molar-refractivity contribution in [3.63, 3.8) is 0 Å². The smallest absolute Gasteiger partial charge is 0.259 e. The minimum atomic E-state index is -0.723. The van der Waals surface area contributed by atoms with Crippen molar-refractivity contribution in [3.8, 4) is 5.75 Å². The van der Waals surface area contributed by atoms with Crippen molar-refractivity contribution in [1.82, 2.24) is 5.32 Å². The molecule has 0 saturated carbocycles. The van der Waals surface area contributed by atoms with Crippen molar-refractivity contribution in [2.75, 3.05) is 0 Å². The SMILES string of the molecule is CC[C@@H](C)C=C(C)C=CC=CC(O)=C1C(=O)N[C@H](Cc2ccc(O)cc2)C1=O. The average molecular weight is 381 g/mol. The predicted molar refractivity (Wildman–Crippen MR) is 110 cm³/mol. The zero-order valence-electron chi connectivity index (χ0n) is 16.5. The third-order valence-electron chi connectivity index (χ3n) is 4.64. The molecule has 1 aromatic carbocycles. The molecular weight excluding hydrogens is 354 g/mol. The van der Waals surface area contributed by atoms with Gasteiger partial charge >= 0.3 is 0 Å². The summed E-state index contributed by atoms with van der Waals surface area (Å²) in [5, 5.41) is 22.1. The standard InChI is InChI=1S/C23H27NO4/c1-4-15(2)13-16(3)7-5-6-8-20(26)21-22(27)19(24-23(21)28)14-17-9-11-18(25)12-10-17/h5-13,15,19,25-26H,4,14H2,1-3H3,(H,24,28)/t15-,19-/m1/s1. The summed E-state index contributed by atoms with van der Waals surface area (Å²) in [5.41, 5.74) is 1.69. The summed E-state index contributed by atoms with van der Waals surface area (Å²) < 4.78 is 0. The molecule has 3 N–H and O–H groups in total. The molecule has 5 nitrogen and oxygen atoms in total. The van der Waals surface area contributed by atoms with Crippen molar-refractivity contribution >= 4 is 11.7 Å². The fraction of sp³-hybridized carbons (Fsp3) is 0.304. The molecule has 148 valence electrons. The molecule has 1 amide bonds. The van der Waals surface area contributed by atoms with Crippen LogP contribution in [0.4, 0.5) is 0 Å². The van der Waals surface area contributed by atoms with Gasteiger partial charge in [0, 0.05) is 6.42 Å². The second-order valence-electron chi connectivity index (χ2n) is 7.04. The van der Waals surface area contributed by atoms with Gasteiger partial charge in [-0.2, -0.15) is 0 Å². The van der Waals surface area contributed by atoms with Crippen molar-refractivity contribution in [1.29, 1.82) is 0 Å². The maximum absolute atomic E-state index is 12.5. The molecule has 1 aliphatic heterocycles. The molecule has 1 aliphatic rings. The molecule has 2 rings (SSSR count). The number of Topliss-reactive ketones (excluding diaryl/α,β-unsaturated/α-hetero) is 1. The lowest BCUT2D eigenvalue weighted by atomic mass is 10.0. The van der Waals surface area contributed by atoms with Crippen molar-refractivity contribution in [2.24, 2.45) is 5.92 Å². The van der Waals surface area contributed by atoms with Crippen LogP contribution < -0.4 is 5.32 Å². The number of amides is 1. The molecule has 0 spiro atoms. The lowest BCUT2D eigenvalue weighted by molar-refractivity contribution is -0.117. The number of hydrogen-bond donors (Lipinski definition) is 3. The van der Waals surface area contributed by atoms with Gasteiger partial charge in [0.1, 0.15) is 17.1 Å². The maximum atomic E-state index is 12.5. The summed E-state index contributed by atoms with van der Waals surface area (Å²) in [6.45, 7) is 6.26. The van der Waals surface area contributed by atoms with E-state index >= 15 is 0 Å². The Morgan fingerprint density at radius 1 is 1.18 bits per heavy atom. The van der Waals surface area contributed by atoms with Crippen LogP contribution in [0, 0.1) is 5.92 Å². The number of carbonyl (C=O) groups is 2. The lowest BCUT2D eigenvalue weighted by Crippen LogP contribution is -2.31. The molecule has 1 heterocycles. The monoisotopic (exact) mass is 381 g/mol. The van der Waals surface area contributed by atoms with Crippen molar-refractivity contribution in [3.05, 3.63) is 77.1 Å². The molecule has 5 heteroatoms. The van der Waals surface area contributed by atoms with E-state index < -0.39 is 17.7 Å². The topological polar surface area (TPSA) is 86.6 Å². The van der Waals surface area contributed by atoms with E-state index in [9.17, 15) is 19.8 Å². The number of aliphatic hydroxyl groups is 1. The number of benzene rings is 1. The van der Waals surface area contributed by atoms with Gasteiger partial charge in [0.15, 0.2) is 5.78 Å². The van der Waals surface area contributed by atoms with Crippen LogP contribution in [-0.2, 0) is 16.0 Å². The minimum Gasteiger partial charge on any atom is -0.508 e. The van der Waals surface area contributed by atoms with E-state index in [4.69, 9.17) is 0 Å². The van der Waals surface area contributed by atoms with E-state index in [1.54, 1.807) is 24.3 Å². The van der Waals surface area contributed by atoms with Crippen LogP contribution in [0.2, 0.25) is 0 Å². The Labute approximate surface area is 165 Å². The van der Waals surface area contributed by atoms with Crippen molar-refractivity contribution < 1.29 is 19.8 Å². The summed E-state index contributed by atoms with van der Waals surface area (Å²) in [6.07, 6.45) is 10.1. The number of ketones is 1. The molecule has 1 fully saturated rings. The van der Waals surface area contributed by atoms with Gasteiger partial charge in [-0.3, -0.25) is 9.59 Å². The quantitative estimate of drug-likeness (QED) is 0.289. The zero-order valence-corrected chi connectivity index (χ0v) is 16.5. The molecule has 1 aromatic rings. The van der Waals surface area contributed by atoms with E-state index in [-0.39, 0.29) is 17.1 Å². The van der Waals surface area contributed by atoms with Crippen molar-refractivity contribution in [2.45, 2.75) is 39.7 Å². The van der Waals surface area contributed by atoms with Gasteiger partial charge in [-0.05, 0) is 36.6 Å². The highest BCUT2D eigenvalue weighted by molar-refractivity contribution is 6.27. The first-order valence-electron chi connectivity index (χ1n) is 9.41. The summed E-state index contributed by atoms with van der Waals surface area (Å²) in [4.78, 5) is 24.6. The van der Waals surface area contributed by atoms with Gasteiger partial charge in [0.05, 0.1) is 6.04 Å². The number of phenolic OH excluding ortho intramolecular Hbond substituents is 1. The van der Waals surface area contributed by atoms with Gasteiger partial charge in [-0.25, -0.2) is 0 Å². The van der Waals surface area contributed by atoms with E-state index in [0.717, 1.165) is 17.6 Å². The predicted octanol–water partition coefficient (Wildman–Crippen LogP) is 3.92. The van der Waals surface area contributed by atoms with E-state index in [1.807, 2.05) is 13.0 Å². The molecule has 1 saturated heterocycles. The van der Waals surface area contributed by atoms with Crippen LogP contribution in [0.5, 0.6) is 5.75 Å². The van der Waals surface area contributed by atoms with Gasteiger partial charge in [-0.15, -0.1) is 0 Å². The first-order valence-corrected chi connectivity index (χ1v) is 9.41. The minimum absolute atomic E-state index is 0.135. The first kappa shape index (κ1) is 21.2. The fourth-order valence-corrected chi connectivity index (χ4v) is 2.90. The van der Waals surface area contributed by atoms with Crippen LogP contribution in [0.15, 0.2) is 71.6 Å². The third-order valence-corrected chi connectivity index (χ3v) is 4.64. The zero-order chi connectivity index (χ0) is 20.7. The van der Waals surface area contributed by atoms with Gasteiger partial charge in [0.2, 0.25) is 0 Å². The Balaban J connectivity index is 2.06. The lowest BCUT2D eigenvalue weighted by Gasteiger charge is -2.07. The Hall–Kier alpha value is -3.08. The van der Waals surface area contributed by atoms with E-state index in [2.05, 4.69) is 25.2 Å². The maximum Gasteiger partial charge on any atom is 0.259 e. The highest BCUT2D eigenvalue weighted by Gasteiger charge is 2.37. The van der Waals surface area contributed by atoms with Crippen LogP contribution >= 0.6 is 0 Å². The Morgan fingerprint density at radius 3 is 2.46 bits per heavy atom. The molecule has 0 bridgehead atoms. The normalized spacial score (nSPS) is 20.8. The molecule has 2 atom stereocenters. The van der Waals surface area contributed by atoms with Crippen LogP contribution in [-0.4, -0.2) is 27.9 Å². The number of allylic oxidation sites excluding steroid dienone is 6. The van der Waals surface area contributed by atoms with Crippen LogP contribution in [0.1, 0.15) is 32.8 Å². The summed E-state index contributed by atoms with van der Waals surface area (Å²) in [5.74, 6) is -0.723. The number of nitrogens with one attached hydrogen (secondary N) is 1. The molecule has 0 unspecified atom stereocenters. The van der Waals surface area contributed by atoms with Gasteiger partial charge < -0.3 is 15.5 Å². The fourth-order valence-electron chi connectivity index (χ4n) is 2.90. The number of aromatic hydroxyl groups is 1. The molecule has 0 radical (unpaired) electrons. The second kappa shape index (κ2) is 9.74. The van der Waals surface area contributed by atoms with Gasteiger partial charge in [-0.1, -0.05) is 62.3 Å². The molecule has 0 aliphatic carbocycles. The number of rotatable bonds is 7. The second-order valence-corrected chi connectivity index (χ2v) is 7.04. The van der Waals surface area contributed by atoms with Crippen LogP contribution in [0.3, 0.4) is 0 Å². The first-order chi connectivity index (χ1) is 13.3. The largest absolute Gasteiger partial charge is 0.508 e. The molecule has 0 aromatic heterocycles. The number of carbonyl (C=O) groups excluding carboxylic acids is 2. The summed E-state index contributed by atoms with van der Waals surface area (Å²) in [6, 6.07) is 5.71. The van der Waals surface area contributed by atoms with E-state index in [0.29, 0.717) is 12.3 Å². The highest BCUT2D eigenvalue weighted by Crippen LogP contribution is 2.19. The highest BCUT2D eigenvalue weighted by atomic mass is 16.3. The van der Waals surface area contributed by atoms with E-state index in [1.165, 1.54) is 18.2 Å². The Bertz CT molecular complexity index is 844. The Kier molecular flexibility index (Phi) is 7.38. The van der Waals surface area contributed by atoms with Crippen LogP contribution in [0.25, 0.3) is 0 Å². The average Bonchev–Trinajstić information content (AvgIpc) is 2.93. The number of aliphatic hydroxyl groups excluding tert-OH is 1. The number of hydrogen-bond acceptors (Lipinski definition) is 4. The summed E-state index contributed by atoms with van der Waals surface area (Å²) in [7, 11) is 0. The third kappa shape index (κ3) is 5.71.